The van der Waals surface area contributed by atoms with Gasteiger partial charge in [0, 0.05) is 16.5 Å². The van der Waals surface area contributed by atoms with Crippen LogP contribution in [-0.2, 0) is 10.8 Å². The van der Waals surface area contributed by atoms with E-state index in [9.17, 15) is 0 Å². The van der Waals surface area contributed by atoms with Crippen LogP contribution >= 0.6 is 0 Å². The van der Waals surface area contributed by atoms with Crippen molar-refractivity contribution in [2.75, 3.05) is 0 Å². The highest BCUT2D eigenvalue weighted by Gasteiger charge is 2.47. The first kappa shape index (κ1) is 26.7. The van der Waals surface area contributed by atoms with Gasteiger partial charge in [0.15, 0.2) is 0 Å². The maximum absolute atomic E-state index is 6.78. The topological polar surface area (TPSA) is 9.23 Å². The first-order valence-electron chi connectivity index (χ1n) is 16.0. The van der Waals surface area contributed by atoms with Crippen LogP contribution < -0.4 is 4.74 Å². The Morgan fingerprint density at radius 3 is 1.61 bits per heavy atom. The second kappa shape index (κ2) is 10.2. The summed E-state index contributed by atoms with van der Waals surface area (Å²) in [7, 11) is 0. The Balaban J connectivity index is 1.35. The van der Waals surface area contributed by atoms with Crippen LogP contribution in [0.25, 0.3) is 22.3 Å². The number of ether oxygens (including phenoxy) is 1. The largest absolute Gasteiger partial charge is 0.457 e. The highest BCUT2D eigenvalue weighted by molar-refractivity contribution is 5.88. The van der Waals surface area contributed by atoms with Gasteiger partial charge in [0.25, 0.3) is 0 Å². The molecule has 0 saturated heterocycles. The van der Waals surface area contributed by atoms with Gasteiger partial charge in [-0.2, -0.15) is 0 Å². The van der Waals surface area contributed by atoms with Gasteiger partial charge in [-0.25, -0.2) is 0 Å². The molecule has 1 heterocycles. The minimum Gasteiger partial charge on any atom is -0.457 e. The summed E-state index contributed by atoms with van der Waals surface area (Å²) in [5, 5.41) is 0. The SMILES string of the molecule is CC1(c2ccccc2)c2ccccc2-c2cc(-c3cccc4c3C(c3ccccc3)(c3ccccc3)c3ccccc3O4)ccc21. The molecule has 9 rings (SSSR count). The molecule has 0 bridgehead atoms. The Hall–Kier alpha value is -5.66. The van der Waals surface area contributed by atoms with Crippen LogP contribution in [0.15, 0.2) is 176 Å². The highest BCUT2D eigenvalue weighted by Crippen LogP contribution is 2.59. The van der Waals surface area contributed by atoms with Gasteiger partial charge >= 0.3 is 0 Å². The minimum absolute atomic E-state index is 0.234. The van der Waals surface area contributed by atoms with Gasteiger partial charge < -0.3 is 4.74 Å². The second-order valence-electron chi connectivity index (χ2n) is 12.6. The normalized spacial score (nSPS) is 16.8. The van der Waals surface area contributed by atoms with E-state index in [1.807, 2.05) is 0 Å². The predicted octanol–water partition coefficient (Wildman–Crippen LogP) is 11.2. The highest BCUT2D eigenvalue weighted by atomic mass is 16.5. The molecule has 1 heteroatoms. The molecule has 46 heavy (non-hydrogen) atoms. The van der Waals surface area contributed by atoms with E-state index in [1.165, 1.54) is 55.6 Å². The monoisotopic (exact) mass is 588 g/mol. The van der Waals surface area contributed by atoms with Crippen molar-refractivity contribution in [2.45, 2.75) is 17.8 Å². The maximum atomic E-state index is 6.78. The molecule has 2 aliphatic rings. The standard InChI is InChI=1S/C45H32O/c1-44(32-16-5-2-6-17-32)38-24-12-11-22-36(38)37-30-31(28-29-39(37)44)35-23-15-27-42-43(35)45(33-18-7-3-8-19-33,34-20-9-4-10-21-34)40-25-13-14-26-41(40)46-42/h2-30H,1H3. The van der Waals surface area contributed by atoms with Crippen LogP contribution in [0, 0.1) is 0 Å². The summed E-state index contributed by atoms with van der Waals surface area (Å²) in [6.45, 7) is 2.37. The summed E-state index contributed by atoms with van der Waals surface area (Å²) in [5.74, 6) is 1.78. The van der Waals surface area contributed by atoms with E-state index < -0.39 is 5.41 Å². The van der Waals surface area contributed by atoms with E-state index in [0.29, 0.717) is 0 Å². The molecular formula is C45H32O. The van der Waals surface area contributed by atoms with Crippen molar-refractivity contribution in [3.05, 3.63) is 215 Å². The van der Waals surface area contributed by atoms with Crippen LogP contribution in [0.2, 0.25) is 0 Å². The van der Waals surface area contributed by atoms with Crippen LogP contribution in [0.4, 0.5) is 0 Å². The predicted molar refractivity (Wildman–Crippen MR) is 188 cm³/mol. The number of rotatable bonds is 4. The van der Waals surface area contributed by atoms with Gasteiger partial charge in [-0.3, -0.25) is 0 Å². The smallest absolute Gasteiger partial charge is 0.132 e. The van der Waals surface area contributed by atoms with Crippen molar-refractivity contribution in [1.82, 2.24) is 0 Å². The summed E-state index contributed by atoms with van der Waals surface area (Å²) in [5.41, 5.74) is 12.9. The molecule has 0 spiro atoms. The third-order valence-electron chi connectivity index (χ3n) is 10.3. The molecule has 0 N–H and O–H groups in total. The fraction of sp³-hybridized carbons (Fsp3) is 0.0667. The number of hydrogen-bond acceptors (Lipinski definition) is 1. The molecule has 1 aliphatic heterocycles. The van der Waals surface area contributed by atoms with Crippen molar-refractivity contribution in [1.29, 1.82) is 0 Å². The van der Waals surface area contributed by atoms with Crippen molar-refractivity contribution in [3.8, 4) is 33.8 Å². The molecule has 1 nitrogen and oxygen atoms in total. The Bertz CT molecular complexity index is 2190. The van der Waals surface area contributed by atoms with E-state index in [0.717, 1.165) is 17.1 Å². The van der Waals surface area contributed by atoms with E-state index in [2.05, 4.69) is 183 Å². The molecule has 1 unspecified atom stereocenters. The number of para-hydroxylation sites is 1. The summed E-state index contributed by atoms with van der Waals surface area (Å²) < 4.78 is 6.78. The summed E-state index contributed by atoms with van der Waals surface area (Å²) in [6.07, 6.45) is 0. The third kappa shape index (κ3) is 3.63. The van der Waals surface area contributed by atoms with Crippen LogP contribution in [0.1, 0.15) is 45.9 Å². The lowest BCUT2D eigenvalue weighted by Crippen LogP contribution is -2.34. The molecule has 0 saturated carbocycles. The lowest BCUT2D eigenvalue weighted by atomic mass is 9.62. The van der Waals surface area contributed by atoms with Crippen molar-refractivity contribution in [3.63, 3.8) is 0 Å². The van der Waals surface area contributed by atoms with Crippen molar-refractivity contribution in [2.24, 2.45) is 0 Å². The lowest BCUT2D eigenvalue weighted by molar-refractivity contribution is 0.435. The molecule has 0 amide bonds. The Kier molecular flexibility index (Phi) is 5.92. The zero-order valence-corrected chi connectivity index (χ0v) is 25.7. The number of fused-ring (bicyclic) bond motifs is 5. The van der Waals surface area contributed by atoms with Crippen molar-refractivity contribution < 1.29 is 4.74 Å². The molecule has 7 aromatic rings. The van der Waals surface area contributed by atoms with E-state index in [1.54, 1.807) is 0 Å². The third-order valence-corrected chi connectivity index (χ3v) is 10.3. The molecule has 1 aliphatic carbocycles. The van der Waals surface area contributed by atoms with Gasteiger partial charge in [-0.05, 0) is 75.2 Å². The first-order chi connectivity index (χ1) is 22.7. The molecule has 0 aromatic heterocycles. The van der Waals surface area contributed by atoms with Gasteiger partial charge in [-0.15, -0.1) is 0 Å². The first-order valence-corrected chi connectivity index (χ1v) is 16.0. The van der Waals surface area contributed by atoms with Gasteiger partial charge in [0.1, 0.15) is 11.5 Å². The molecule has 7 aromatic carbocycles. The number of hydrogen-bond donors (Lipinski definition) is 0. The Morgan fingerprint density at radius 2 is 0.913 bits per heavy atom. The fourth-order valence-electron chi connectivity index (χ4n) is 8.26. The van der Waals surface area contributed by atoms with Crippen LogP contribution in [0.3, 0.4) is 0 Å². The Labute approximate surface area is 270 Å². The average molecular weight is 589 g/mol. The molecular weight excluding hydrogens is 556 g/mol. The van der Waals surface area contributed by atoms with Gasteiger partial charge in [-0.1, -0.05) is 158 Å². The van der Waals surface area contributed by atoms with Crippen LogP contribution in [-0.4, -0.2) is 0 Å². The van der Waals surface area contributed by atoms with E-state index >= 15 is 0 Å². The second-order valence-corrected chi connectivity index (χ2v) is 12.6. The molecule has 1 atom stereocenters. The summed E-state index contributed by atoms with van der Waals surface area (Å²) >= 11 is 0. The van der Waals surface area contributed by atoms with E-state index in [4.69, 9.17) is 4.74 Å². The summed E-state index contributed by atoms with van der Waals surface area (Å²) in [6, 6.07) is 63.9. The lowest BCUT2D eigenvalue weighted by Gasteiger charge is -2.42. The fourth-order valence-corrected chi connectivity index (χ4v) is 8.26. The molecule has 0 radical (unpaired) electrons. The van der Waals surface area contributed by atoms with Crippen LogP contribution in [0.5, 0.6) is 11.5 Å². The van der Waals surface area contributed by atoms with Gasteiger partial charge in [0.2, 0.25) is 0 Å². The van der Waals surface area contributed by atoms with Crippen molar-refractivity contribution >= 4 is 0 Å². The quantitative estimate of drug-likeness (QED) is 0.199. The van der Waals surface area contributed by atoms with Gasteiger partial charge in [0.05, 0.1) is 5.41 Å². The molecule has 0 fully saturated rings. The minimum atomic E-state index is -0.585. The zero-order valence-electron chi connectivity index (χ0n) is 25.7. The maximum Gasteiger partial charge on any atom is 0.132 e. The van der Waals surface area contributed by atoms with E-state index in [-0.39, 0.29) is 5.41 Å². The Morgan fingerprint density at radius 1 is 0.391 bits per heavy atom. The summed E-state index contributed by atoms with van der Waals surface area (Å²) in [4.78, 5) is 0. The average Bonchev–Trinajstić information content (AvgIpc) is 3.39. The zero-order chi connectivity index (χ0) is 30.7. The number of benzene rings is 7. The molecule has 218 valence electrons.